The van der Waals surface area contributed by atoms with Gasteiger partial charge < -0.3 is 9.30 Å². The van der Waals surface area contributed by atoms with Gasteiger partial charge in [0.05, 0.1) is 17.8 Å². The number of carbonyl (C=O) groups is 1. The first-order chi connectivity index (χ1) is 12.4. The lowest BCUT2D eigenvalue weighted by molar-refractivity contribution is -0.123. The van der Waals surface area contributed by atoms with Crippen molar-refractivity contribution < 1.29 is 9.53 Å². The number of benzene rings is 1. The third-order valence-corrected chi connectivity index (χ3v) is 3.91. The Hall–Kier alpha value is -3.07. The lowest BCUT2D eigenvalue weighted by Crippen LogP contribution is -2.24. The van der Waals surface area contributed by atoms with Crippen molar-refractivity contribution in [2.45, 2.75) is 34.2 Å². The number of hydrazone groups is 1. The number of rotatable bonds is 7. The Morgan fingerprint density at radius 1 is 1.35 bits per heavy atom. The van der Waals surface area contributed by atoms with E-state index >= 15 is 0 Å². The molecule has 136 valence electrons. The molecule has 2 aromatic rings. The monoisotopic (exact) mass is 352 g/mol. The third kappa shape index (κ3) is 5.21. The molecule has 1 N–H and O–H groups in total. The molecule has 0 radical (unpaired) electrons. The van der Waals surface area contributed by atoms with Crippen LogP contribution in [0.2, 0.25) is 0 Å². The van der Waals surface area contributed by atoms with Crippen LogP contribution in [0.25, 0.3) is 0 Å². The summed E-state index contributed by atoms with van der Waals surface area (Å²) < 4.78 is 7.61. The zero-order valence-corrected chi connectivity index (χ0v) is 15.6. The van der Waals surface area contributed by atoms with Crippen molar-refractivity contribution in [1.29, 1.82) is 5.26 Å². The Labute approximate surface area is 154 Å². The van der Waals surface area contributed by atoms with E-state index in [2.05, 4.69) is 41.9 Å². The van der Waals surface area contributed by atoms with Crippen molar-refractivity contribution >= 4 is 12.1 Å². The van der Waals surface area contributed by atoms with Gasteiger partial charge in [-0.25, -0.2) is 5.43 Å². The van der Waals surface area contributed by atoms with Crippen LogP contribution in [0.5, 0.6) is 5.75 Å². The number of ether oxygens (including phenoxy) is 1. The zero-order chi connectivity index (χ0) is 19.1. The fraction of sp³-hybridized carbons (Fsp3) is 0.350. The Balaban J connectivity index is 1.87. The molecule has 0 fully saturated rings. The van der Waals surface area contributed by atoms with E-state index in [0.29, 0.717) is 17.2 Å². The molecule has 2 rings (SSSR count). The first-order valence-corrected chi connectivity index (χ1v) is 8.52. The van der Waals surface area contributed by atoms with Gasteiger partial charge in [-0.15, -0.1) is 0 Å². The molecule has 0 spiro atoms. The topological polar surface area (TPSA) is 79.4 Å². The molecule has 26 heavy (non-hydrogen) atoms. The number of nitrogens with zero attached hydrogens (tertiary/aromatic N) is 3. The SMILES string of the molecule is Cc1cc(/C=N\NC(=O)COc2ccc(C#N)cc2)c(C)n1CC(C)C. The molecule has 0 unspecified atom stereocenters. The van der Waals surface area contributed by atoms with Gasteiger partial charge in [0.25, 0.3) is 5.91 Å². The molecule has 1 aromatic carbocycles. The lowest BCUT2D eigenvalue weighted by Gasteiger charge is -2.11. The summed E-state index contributed by atoms with van der Waals surface area (Å²) >= 11 is 0. The predicted molar refractivity (Wildman–Crippen MR) is 101 cm³/mol. The minimum atomic E-state index is -0.346. The summed E-state index contributed by atoms with van der Waals surface area (Å²) in [4.78, 5) is 11.8. The molecule has 6 nitrogen and oxygen atoms in total. The molecule has 0 aliphatic rings. The van der Waals surface area contributed by atoms with E-state index in [1.165, 1.54) is 5.69 Å². The van der Waals surface area contributed by atoms with Crippen LogP contribution < -0.4 is 10.2 Å². The number of hydrogen-bond acceptors (Lipinski definition) is 4. The molecule has 1 aromatic heterocycles. The largest absolute Gasteiger partial charge is 0.484 e. The summed E-state index contributed by atoms with van der Waals surface area (Å²) in [5, 5.41) is 12.8. The average Bonchev–Trinajstić information content (AvgIpc) is 2.87. The van der Waals surface area contributed by atoms with Crippen LogP contribution in [0.1, 0.15) is 36.4 Å². The van der Waals surface area contributed by atoms with Crippen LogP contribution >= 0.6 is 0 Å². The fourth-order valence-electron chi connectivity index (χ4n) is 2.59. The van der Waals surface area contributed by atoms with Crippen LogP contribution in [-0.2, 0) is 11.3 Å². The van der Waals surface area contributed by atoms with Crippen molar-refractivity contribution in [2.75, 3.05) is 6.61 Å². The van der Waals surface area contributed by atoms with E-state index in [0.717, 1.165) is 17.8 Å². The summed E-state index contributed by atoms with van der Waals surface area (Å²) in [6.45, 7) is 9.29. The maximum atomic E-state index is 11.8. The molecule has 0 aliphatic heterocycles. The van der Waals surface area contributed by atoms with Gasteiger partial charge in [0.15, 0.2) is 6.61 Å². The summed E-state index contributed by atoms with van der Waals surface area (Å²) in [7, 11) is 0. The molecule has 0 atom stereocenters. The van der Waals surface area contributed by atoms with Gasteiger partial charge in [-0.3, -0.25) is 4.79 Å². The average molecular weight is 352 g/mol. The van der Waals surface area contributed by atoms with Gasteiger partial charge in [-0.1, -0.05) is 13.8 Å². The highest BCUT2D eigenvalue weighted by Gasteiger charge is 2.09. The quantitative estimate of drug-likeness (QED) is 0.614. The van der Waals surface area contributed by atoms with E-state index in [-0.39, 0.29) is 12.5 Å². The first-order valence-electron chi connectivity index (χ1n) is 8.52. The Morgan fingerprint density at radius 3 is 2.65 bits per heavy atom. The van der Waals surface area contributed by atoms with Crippen LogP contribution in [0, 0.1) is 31.1 Å². The lowest BCUT2D eigenvalue weighted by atomic mass is 10.2. The van der Waals surface area contributed by atoms with Crippen LogP contribution in [-0.4, -0.2) is 23.3 Å². The highest BCUT2D eigenvalue weighted by atomic mass is 16.5. The standard InChI is InChI=1S/C20H24N4O2/c1-14(2)12-24-15(3)9-18(16(24)4)11-22-23-20(25)13-26-19-7-5-17(10-21)6-8-19/h5-9,11,14H,12-13H2,1-4H3,(H,23,25)/b22-11-. The first kappa shape index (κ1) is 19.3. The second-order valence-corrected chi connectivity index (χ2v) is 6.55. The Kier molecular flexibility index (Phi) is 6.56. The van der Waals surface area contributed by atoms with Gasteiger partial charge in [0.2, 0.25) is 0 Å². The number of aromatic nitrogens is 1. The number of aryl methyl sites for hydroxylation is 1. The number of amides is 1. The van der Waals surface area contributed by atoms with E-state index in [1.807, 2.05) is 13.0 Å². The molecule has 0 bridgehead atoms. The van der Waals surface area contributed by atoms with Gasteiger partial charge >= 0.3 is 0 Å². The minimum absolute atomic E-state index is 0.143. The molecular weight excluding hydrogens is 328 g/mol. The van der Waals surface area contributed by atoms with Crippen molar-refractivity contribution in [2.24, 2.45) is 11.0 Å². The maximum Gasteiger partial charge on any atom is 0.277 e. The van der Waals surface area contributed by atoms with Gasteiger partial charge in [-0.2, -0.15) is 10.4 Å². The summed E-state index contributed by atoms with van der Waals surface area (Å²) in [5.41, 5.74) is 6.29. The summed E-state index contributed by atoms with van der Waals surface area (Å²) in [5.74, 6) is 0.741. The van der Waals surface area contributed by atoms with E-state index < -0.39 is 0 Å². The number of nitrogens with one attached hydrogen (secondary N) is 1. The molecule has 0 aliphatic carbocycles. The normalized spacial score (nSPS) is 10.9. The minimum Gasteiger partial charge on any atom is -0.484 e. The second-order valence-electron chi connectivity index (χ2n) is 6.55. The number of nitriles is 1. The second kappa shape index (κ2) is 8.86. The molecule has 1 amide bonds. The van der Waals surface area contributed by atoms with Gasteiger partial charge in [0.1, 0.15) is 5.75 Å². The number of carbonyl (C=O) groups excluding carboxylic acids is 1. The molecule has 1 heterocycles. The zero-order valence-electron chi connectivity index (χ0n) is 15.6. The summed E-state index contributed by atoms with van der Waals surface area (Å²) in [6, 6.07) is 10.7. The van der Waals surface area contributed by atoms with E-state index in [1.54, 1.807) is 30.5 Å². The molecular formula is C20H24N4O2. The Morgan fingerprint density at radius 2 is 2.04 bits per heavy atom. The van der Waals surface area contributed by atoms with Crippen molar-refractivity contribution in [1.82, 2.24) is 9.99 Å². The maximum absolute atomic E-state index is 11.8. The third-order valence-electron chi connectivity index (χ3n) is 3.91. The van der Waals surface area contributed by atoms with Crippen LogP contribution in [0.4, 0.5) is 0 Å². The molecule has 0 saturated carbocycles. The molecule has 6 heteroatoms. The fourth-order valence-corrected chi connectivity index (χ4v) is 2.59. The number of hydrogen-bond donors (Lipinski definition) is 1. The Bertz CT molecular complexity index is 827. The van der Waals surface area contributed by atoms with Crippen LogP contribution in [0.15, 0.2) is 35.4 Å². The van der Waals surface area contributed by atoms with Gasteiger partial charge in [-0.05, 0) is 50.1 Å². The van der Waals surface area contributed by atoms with E-state index in [9.17, 15) is 4.79 Å². The smallest absolute Gasteiger partial charge is 0.277 e. The molecule has 0 saturated heterocycles. The van der Waals surface area contributed by atoms with Crippen molar-refractivity contribution in [3.63, 3.8) is 0 Å². The van der Waals surface area contributed by atoms with Crippen molar-refractivity contribution in [3.8, 4) is 11.8 Å². The van der Waals surface area contributed by atoms with E-state index in [4.69, 9.17) is 10.00 Å². The highest BCUT2D eigenvalue weighted by molar-refractivity contribution is 5.84. The van der Waals surface area contributed by atoms with Crippen LogP contribution in [0.3, 0.4) is 0 Å². The van der Waals surface area contributed by atoms with Crippen molar-refractivity contribution in [3.05, 3.63) is 52.8 Å². The highest BCUT2D eigenvalue weighted by Crippen LogP contribution is 2.15. The summed E-state index contributed by atoms with van der Waals surface area (Å²) in [6.07, 6.45) is 1.65. The van der Waals surface area contributed by atoms with Gasteiger partial charge in [0, 0.05) is 23.5 Å². The predicted octanol–water partition coefficient (Wildman–Crippen LogP) is 3.16.